The molecule has 0 aliphatic carbocycles. The molecule has 1 aromatic carbocycles. The van der Waals surface area contributed by atoms with Crippen LogP contribution < -0.4 is 0 Å². The monoisotopic (exact) mass is 216 g/mol. The van der Waals surface area contributed by atoms with E-state index in [4.69, 9.17) is 0 Å². The molecule has 0 saturated carbocycles. The number of benzene rings is 1. The summed E-state index contributed by atoms with van der Waals surface area (Å²) in [7, 11) is 0. The first-order chi connectivity index (χ1) is 7.34. The molecule has 0 fully saturated rings. The predicted molar refractivity (Wildman–Crippen MR) is 58.8 cm³/mol. The lowest BCUT2D eigenvalue weighted by molar-refractivity contribution is 0.941. The van der Waals surface area contributed by atoms with E-state index in [2.05, 4.69) is 15.3 Å². The van der Waals surface area contributed by atoms with E-state index >= 15 is 0 Å². The maximum Gasteiger partial charge on any atom is 0.234 e. The number of aryl methyl sites for hydroxylation is 1. The third-order valence-electron chi connectivity index (χ3n) is 2.12. The zero-order valence-electron chi connectivity index (χ0n) is 8.08. The summed E-state index contributed by atoms with van der Waals surface area (Å²) in [6, 6.07) is 9.95. The molecule has 5 heteroatoms. The predicted octanol–water partition coefficient (Wildman–Crippen LogP) is 2.16. The van der Waals surface area contributed by atoms with Crippen LogP contribution in [0.25, 0.3) is 16.3 Å². The SMILES string of the molecule is Cc1nn2c(-c3ccccc3)nnc2s1. The van der Waals surface area contributed by atoms with Crippen molar-refractivity contribution in [3.8, 4) is 11.4 Å². The third kappa shape index (κ3) is 1.32. The summed E-state index contributed by atoms with van der Waals surface area (Å²) < 4.78 is 1.79. The Morgan fingerprint density at radius 3 is 2.73 bits per heavy atom. The molecule has 0 atom stereocenters. The van der Waals surface area contributed by atoms with Crippen molar-refractivity contribution in [2.45, 2.75) is 6.92 Å². The van der Waals surface area contributed by atoms with Crippen molar-refractivity contribution in [1.29, 1.82) is 0 Å². The first-order valence-electron chi connectivity index (χ1n) is 4.59. The zero-order valence-corrected chi connectivity index (χ0v) is 8.90. The molecule has 0 aliphatic rings. The Bertz CT molecular complexity index is 596. The molecule has 0 saturated heterocycles. The quantitative estimate of drug-likeness (QED) is 0.626. The second-order valence-corrected chi connectivity index (χ2v) is 4.37. The Kier molecular flexibility index (Phi) is 1.78. The lowest BCUT2D eigenvalue weighted by Crippen LogP contribution is -1.89. The van der Waals surface area contributed by atoms with Gasteiger partial charge in [-0.15, -0.1) is 10.2 Å². The molecule has 2 aromatic heterocycles. The van der Waals surface area contributed by atoms with Gasteiger partial charge in [0.1, 0.15) is 5.01 Å². The van der Waals surface area contributed by atoms with E-state index in [9.17, 15) is 0 Å². The largest absolute Gasteiger partial charge is 0.234 e. The zero-order chi connectivity index (χ0) is 10.3. The van der Waals surface area contributed by atoms with Gasteiger partial charge < -0.3 is 0 Å². The summed E-state index contributed by atoms with van der Waals surface area (Å²) in [4.78, 5) is 0.839. The van der Waals surface area contributed by atoms with E-state index in [1.807, 2.05) is 37.3 Å². The molecule has 0 spiro atoms. The molecule has 0 radical (unpaired) electrons. The van der Waals surface area contributed by atoms with Gasteiger partial charge in [-0.05, 0) is 6.92 Å². The highest BCUT2D eigenvalue weighted by atomic mass is 32.1. The molecular formula is C10H8N4S. The van der Waals surface area contributed by atoms with Crippen LogP contribution in [-0.4, -0.2) is 19.8 Å². The maximum atomic E-state index is 4.36. The summed E-state index contributed by atoms with van der Waals surface area (Å²) in [5, 5.41) is 13.6. The van der Waals surface area contributed by atoms with Gasteiger partial charge in [-0.1, -0.05) is 41.7 Å². The van der Waals surface area contributed by atoms with Crippen LogP contribution in [0.5, 0.6) is 0 Å². The van der Waals surface area contributed by atoms with Crippen molar-refractivity contribution in [3.05, 3.63) is 35.3 Å². The van der Waals surface area contributed by atoms with Crippen LogP contribution in [0, 0.1) is 6.92 Å². The highest BCUT2D eigenvalue weighted by Crippen LogP contribution is 2.20. The Balaban J connectivity index is 2.27. The highest BCUT2D eigenvalue weighted by molar-refractivity contribution is 7.16. The minimum Gasteiger partial charge on any atom is -0.183 e. The van der Waals surface area contributed by atoms with Crippen LogP contribution in [0.2, 0.25) is 0 Å². The van der Waals surface area contributed by atoms with Gasteiger partial charge in [0.25, 0.3) is 0 Å². The standard InChI is InChI=1S/C10H8N4S/c1-7-13-14-9(11-12-10(14)15-7)8-5-3-2-4-6-8/h2-6H,1H3. The van der Waals surface area contributed by atoms with Crippen LogP contribution >= 0.6 is 11.3 Å². The van der Waals surface area contributed by atoms with E-state index in [1.54, 1.807) is 15.9 Å². The molecule has 0 N–H and O–H groups in total. The molecule has 74 valence electrons. The van der Waals surface area contributed by atoms with Gasteiger partial charge in [0.2, 0.25) is 4.96 Å². The summed E-state index contributed by atoms with van der Waals surface area (Å²) in [5.41, 5.74) is 1.04. The number of hydrogen-bond donors (Lipinski definition) is 0. The second kappa shape index (κ2) is 3.13. The molecule has 4 nitrogen and oxygen atoms in total. The molecule has 0 unspecified atom stereocenters. The third-order valence-corrected chi connectivity index (χ3v) is 2.94. The molecule has 3 aromatic rings. The number of fused-ring (bicyclic) bond motifs is 1. The van der Waals surface area contributed by atoms with Crippen molar-refractivity contribution in [2.24, 2.45) is 0 Å². The Morgan fingerprint density at radius 1 is 1.13 bits per heavy atom. The number of rotatable bonds is 1. The summed E-state index contributed by atoms with van der Waals surface area (Å²) in [5.74, 6) is 0.801. The van der Waals surface area contributed by atoms with Gasteiger partial charge >= 0.3 is 0 Å². The minimum absolute atomic E-state index is 0.801. The fourth-order valence-corrected chi connectivity index (χ4v) is 2.16. The van der Waals surface area contributed by atoms with Crippen LogP contribution in [-0.2, 0) is 0 Å². The molecule has 15 heavy (non-hydrogen) atoms. The van der Waals surface area contributed by atoms with Gasteiger partial charge in [0.15, 0.2) is 5.82 Å². The molecule has 0 amide bonds. The fourth-order valence-electron chi connectivity index (χ4n) is 1.48. The number of aromatic nitrogens is 4. The van der Waals surface area contributed by atoms with Crippen molar-refractivity contribution in [3.63, 3.8) is 0 Å². The second-order valence-electron chi connectivity index (χ2n) is 3.21. The summed E-state index contributed by atoms with van der Waals surface area (Å²) in [6.07, 6.45) is 0. The van der Waals surface area contributed by atoms with E-state index in [-0.39, 0.29) is 0 Å². The Hall–Kier alpha value is -1.75. The molecule has 2 heterocycles. The number of nitrogens with zero attached hydrogens (tertiary/aromatic N) is 4. The van der Waals surface area contributed by atoms with Crippen LogP contribution in [0.15, 0.2) is 30.3 Å². The maximum absolute atomic E-state index is 4.36. The smallest absolute Gasteiger partial charge is 0.183 e. The van der Waals surface area contributed by atoms with Crippen LogP contribution in [0.4, 0.5) is 0 Å². The average molecular weight is 216 g/mol. The molecule has 0 aliphatic heterocycles. The minimum atomic E-state index is 0.801. The van der Waals surface area contributed by atoms with Crippen molar-refractivity contribution in [1.82, 2.24) is 19.8 Å². The summed E-state index contributed by atoms with van der Waals surface area (Å²) >= 11 is 1.55. The van der Waals surface area contributed by atoms with Gasteiger partial charge in [0, 0.05) is 5.56 Å². The van der Waals surface area contributed by atoms with E-state index in [0.717, 1.165) is 21.4 Å². The van der Waals surface area contributed by atoms with E-state index in [0.29, 0.717) is 0 Å². The van der Waals surface area contributed by atoms with Crippen molar-refractivity contribution < 1.29 is 0 Å². The fraction of sp³-hybridized carbons (Fsp3) is 0.100. The van der Waals surface area contributed by atoms with Crippen molar-refractivity contribution in [2.75, 3.05) is 0 Å². The van der Waals surface area contributed by atoms with Crippen LogP contribution in [0.1, 0.15) is 5.01 Å². The summed E-state index contributed by atoms with van der Waals surface area (Å²) in [6.45, 7) is 1.97. The van der Waals surface area contributed by atoms with Gasteiger partial charge in [-0.25, -0.2) is 0 Å². The highest BCUT2D eigenvalue weighted by Gasteiger charge is 2.10. The van der Waals surface area contributed by atoms with Gasteiger partial charge in [-0.2, -0.15) is 9.61 Å². The average Bonchev–Trinajstić information content (AvgIpc) is 2.77. The van der Waals surface area contributed by atoms with Crippen LogP contribution in [0.3, 0.4) is 0 Å². The van der Waals surface area contributed by atoms with Gasteiger partial charge in [0.05, 0.1) is 0 Å². The first-order valence-corrected chi connectivity index (χ1v) is 5.40. The van der Waals surface area contributed by atoms with E-state index < -0.39 is 0 Å². The topological polar surface area (TPSA) is 43.1 Å². The molecular weight excluding hydrogens is 208 g/mol. The lowest BCUT2D eigenvalue weighted by atomic mass is 10.2. The molecule has 0 bridgehead atoms. The normalized spacial score (nSPS) is 11.0. The van der Waals surface area contributed by atoms with Gasteiger partial charge in [-0.3, -0.25) is 0 Å². The Labute approximate surface area is 90.2 Å². The molecule has 3 rings (SSSR count). The van der Waals surface area contributed by atoms with E-state index in [1.165, 1.54) is 0 Å². The number of hydrogen-bond acceptors (Lipinski definition) is 4. The Morgan fingerprint density at radius 2 is 1.93 bits per heavy atom. The van der Waals surface area contributed by atoms with Crippen molar-refractivity contribution >= 4 is 16.3 Å². The lowest BCUT2D eigenvalue weighted by Gasteiger charge is -1.94. The first kappa shape index (κ1) is 8.55.